The number of fused-ring (bicyclic) bond motifs is 1. The molecule has 2 aromatic rings. The van der Waals surface area contributed by atoms with Crippen molar-refractivity contribution in [2.45, 2.75) is 32.0 Å². The molecule has 106 valence electrons. The summed E-state index contributed by atoms with van der Waals surface area (Å²) in [6.45, 7) is 2.93. The first-order valence-corrected chi connectivity index (χ1v) is 6.86. The average Bonchev–Trinajstić information content (AvgIpc) is 2.94. The average molecular weight is 275 g/mol. The predicted octanol–water partition coefficient (Wildman–Crippen LogP) is 2.83. The van der Waals surface area contributed by atoms with Crippen molar-refractivity contribution in [2.75, 3.05) is 7.05 Å². The Hall–Kier alpha value is -1.88. The van der Waals surface area contributed by atoms with E-state index in [-0.39, 0.29) is 18.0 Å². The molecule has 0 aliphatic carbocycles. The molecular weight excluding hydrogens is 257 g/mol. The molecule has 4 nitrogen and oxygen atoms in total. The normalized spacial score (nSPS) is 21.4. The van der Waals surface area contributed by atoms with Gasteiger partial charge in [0.2, 0.25) is 0 Å². The van der Waals surface area contributed by atoms with Crippen LogP contribution in [0.25, 0.3) is 0 Å². The number of nitrogens with zero attached hydrogens (tertiary/aromatic N) is 2. The molecule has 2 unspecified atom stereocenters. The number of ether oxygens (including phenoxy) is 1. The molecule has 0 fully saturated rings. The third-order valence-corrected chi connectivity index (χ3v) is 3.83. The molecule has 2 atom stereocenters. The van der Waals surface area contributed by atoms with Gasteiger partial charge >= 0.3 is 0 Å². The van der Waals surface area contributed by atoms with Gasteiger partial charge in [-0.2, -0.15) is 0 Å². The first-order valence-electron chi connectivity index (χ1n) is 6.86. The lowest BCUT2D eigenvalue weighted by Gasteiger charge is -2.32. The van der Waals surface area contributed by atoms with Gasteiger partial charge in [-0.1, -0.05) is 0 Å². The summed E-state index contributed by atoms with van der Waals surface area (Å²) in [6.07, 6.45) is 4.36. The van der Waals surface area contributed by atoms with Gasteiger partial charge in [-0.25, -0.2) is 9.37 Å². The van der Waals surface area contributed by atoms with E-state index in [1.165, 1.54) is 6.07 Å². The first-order chi connectivity index (χ1) is 9.72. The van der Waals surface area contributed by atoms with Crippen molar-refractivity contribution in [1.82, 2.24) is 14.9 Å². The summed E-state index contributed by atoms with van der Waals surface area (Å²) in [5.74, 6) is 0.510. The Balaban J connectivity index is 1.97. The van der Waals surface area contributed by atoms with Gasteiger partial charge in [-0.15, -0.1) is 0 Å². The number of nitrogens with one attached hydrogen (secondary N) is 1. The Morgan fingerprint density at radius 3 is 3.10 bits per heavy atom. The summed E-state index contributed by atoms with van der Waals surface area (Å²) >= 11 is 0. The summed E-state index contributed by atoms with van der Waals surface area (Å²) in [4.78, 5) is 4.19. The van der Waals surface area contributed by atoms with E-state index in [1.54, 1.807) is 12.1 Å². The van der Waals surface area contributed by atoms with E-state index < -0.39 is 0 Å². The second-order valence-corrected chi connectivity index (χ2v) is 4.97. The van der Waals surface area contributed by atoms with Crippen LogP contribution in [0.5, 0.6) is 5.75 Å². The zero-order valence-electron chi connectivity index (χ0n) is 11.6. The molecule has 0 radical (unpaired) electrons. The van der Waals surface area contributed by atoms with Crippen LogP contribution >= 0.6 is 0 Å². The highest BCUT2D eigenvalue weighted by Gasteiger charge is 2.30. The Kier molecular flexibility index (Phi) is 3.44. The maximum Gasteiger partial charge on any atom is 0.142 e. The molecule has 1 N–H and O–H groups in total. The second-order valence-electron chi connectivity index (χ2n) is 4.97. The molecule has 1 aliphatic rings. The maximum absolute atomic E-state index is 13.4. The molecule has 1 aromatic carbocycles. The lowest BCUT2D eigenvalue weighted by molar-refractivity contribution is 0.145. The lowest BCUT2D eigenvalue weighted by atomic mass is 9.95. The largest absolute Gasteiger partial charge is 0.484 e. The number of aryl methyl sites for hydroxylation is 1. The number of rotatable bonds is 3. The fraction of sp³-hybridized carbons (Fsp3) is 0.400. The van der Waals surface area contributed by atoms with Crippen LogP contribution < -0.4 is 10.1 Å². The smallest absolute Gasteiger partial charge is 0.142 e. The minimum atomic E-state index is -0.232. The van der Waals surface area contributed by atoms with Gasteiger partial charge in [0, 0.05) is 24.6 Å². The van der Waals surface area contributed by atoms with Crippen molar-refractivity contribution >= 4 is 0 Å². The second kappa shape index (κ2) is 5.25. The van der Waals surface area contributed by atoms with E-state index in [2.05, 4.69) is 21.8 Å². The van der Waals surface area contributed by atoms with Crippen LogP contribution in [-0.2, 0) is 6.54 Å². The van der Waals surface area contributed by atoms with Crippen LogP contribution in [0, 0.1) is 5.82 Å². The number of hydrogen-bond acceptors (Lipinski definition) is 3. The number of hydrogen-bond donors (Lipinski definition) is 1. The highest BCUT2D eigenvalue weighted by molar-refractivity contribution is 5.39. The third kappa shape index (κ3) is 2.18. The molecule has 3 rings (SSSR count). The summed E-state index contributed by atoms with van der Waals surface area (Å²) in [6, 6.07) is 4.77. The van der Waals surface area contributed by atoms with E-state index in [0.29, 0.717) is 0 Å². The fourth-order valence-electron chi connectivity index (χ4n) is 2.76. The number of halogens is 1. The highest BCUT2D eigenvalue weighted by atomic mass is 19.1. The molecule has 1 aliphatic heterocycles. The maximum atomic E-state index is 13.4. The predicted molar refractivity (Wildman–Crippen MR) is 74.1 cm³/mol. The molecule has 0 bridgehead atoms. The van der Waals surface area contributed by atoms with Crippen LogP contribution in [0.2, 0.25) is 0 Å². The molecule has 1 aromatic heterocycles. The first kappa shape index (κ1) is 13.1. The molecule has 0 spiro atoms. The van der Waals surface area contributed by atoms with Crippen molar-refractivity contribution in [3.63, 3.8) is 0 Å². The zero-order chi connectivity index (χ0) is 14.1. The number of benzene rings is 1. The van der Waals surface area contributed by atoms with Crippen molar-refractivity contribution in [2.24, 2.45) is 0 Å². The van der Waals surface area contributed by atoms with Gasteiger partial charge in [-0.05, 0) is 32.2 Å². The van der Waals surface area contributed by atoms with Crippen molar-refractivity contribution in [1.29, 1.82) is 0 Å². The Bertz CT molecular complexity index is 611. The standard InChI is InChI=1S/C15H18FN3O/c1-3-19-9-18-8-13(19)15-7-12(17-2)11-6-10(16)4-5-14(11)20-15/h4-6,8-9,12,15,17H,3,7H2,1-2H3. The van der Waals surface area contributed by atoms with Crippen LogP contribution in [0.1, 0.15) is 36.7 Å². The fourth-order valence-corrected chi connectivity index (χ4v) is 2.76. The summed E-state index contributed by atoms with van der Waals surface area (Å²) in [5, 5.41) is 3.24. The Labute approximate surface area is 117 Å². The Morgan fingerprint density at radius 2 is 2.35 bits per heavy atom. The highest BCUT2D eigenvalue weighted by Crippen LogP contribution is 2.40. The lowest BCUT2D eigenvalue weighted by Crippen LogP contribution is -2.28. The number of aromatic nitrogens is 2. The van der Waals surface area contributed by atoms with E-state index in [9.17, 15) is 4.39 Å². The van der Waals surface area contributed by atoms with Crippen molar-refractivity contribution < 1.29 is 9.13 Å². The monoisotopic (exact) mass is 275 g/mol. The van der Waals surface area contributed by atoms with E-state index in [4.69, 9.17) is 4.74 Å². The topological polar surface area (TPSA) is 39.1 Å². The molecule has 0 amide bonds. The van der Waals surface area contributed by atoms with Crippen molar-refractivity contribution in [3.8, 4) is 5.75 Å². The van der Waals surface area contributed by atoms with Crippen LogP contribution in [0.3, 0.4) is 0 Å². The summed E-state index contributed by atoms with van der Waals surface area (Å²) in [7, 11) is 1.89. The quantitative estimate of drug-likeness (QED) is 0.936. The van der Waals surface area contributed by atoms with E-state index in [1.807, 2.05) is 19.6 Å². The summed E-state index contributed by atoms with van der Waals surface area (Å²) < 4.78 is 21.5. The molecule has 0 saturated heterocycles. The molecule has 0 saturated carbocycles. The van der Waals surface area contributed by atoms with E-state index in [0.717, 1.165) is 30.0 Å². The molecule has 2 heterocycles. The SMILES string of the molecule is CCn1cncc1C1CC(NC)c2cc(F)ccc2O1. The molecular formula is C15H18FN3O. The van der Waals surface area contributed by atoms with Gasteiger partial charge in [0.25, 0.3) is 0 Å². The Morgan fingerprint density at radius 1 is 1.50 bits per heavy atom. The van der Waals surface area contributed by atoms with Crippen LogP contribution in [0.4, 0.5) is 4.39 Å². The zero-order valence-corrected chi connectivity index (χ0v) is 11.6. The van der Waals surface area contributed by atoms with Crippen LogP contribution in [0.15, 0.2) is 30.7 Å². The summed E-state index contributed by atoms with van der Waals surface area (Å²) in [5.41, 5.74) is 1.94. The van der Waals surface area contributed by atoms with Gasteiger partial charge in [-0.3, -0.25) is 0 Å². The van der Waals surface area contributed by atoms with Gasteiger partial charge in [0.1, 0.15) is 17.7 Å². The molecule has 20 heavy (non-hydrogen) atoms. The van der Waals surface area contributed by atoms with Gasteiger partial charge in [0.15, 0.2) is 0 Å². The van der Waals surface area contributed by atoms with Crippen LogP contribution in [-0.4, -0.2) is 16.6 Å². The van der Waals surface area contributed by atoms with E-state index >= 15 is 0 Å². The minimum absolute atomic E-state index is 0.0622. The number of imidazole rings is 1. The molecule has 5 heteroatoms. The third-order valence-electron chi connectivity index (χ3n) is 3.83. The van der Waals surface area contributed by atoms with Gasteiger partial charge in [0.05, 0.1) is 18.2 Å². The minimum Gasteiger partial charge on any atom is -0.484 e. The van der Waals surface area contributed by atoms with Gasteiger partial charge < -0.3 is 14.6 Å². The van der Waals surface area contributed by atoms with Crippen molar-refractivity contribution in [3.05, 3.63) is 47.8 Å².